The fourth-order valence-corrected chi connectivity index (χ4v) is 3.88. The van der Waals surface area contributed by atoms with Crippen molar-refractivity contribution < 1.29 is 14.6 Å². The first kappa shape index (κ1) is 22.2. The second-order valence-electron chi connectivity index (χ2n) is 7.64. The van der Waals surface area contributed by atoms with Crippen LogP contribution in [0.5, 0.6) is 5.88 Å². The van der Waals surface area contributed by atoms with Crippen LogP contribution in [0, 0.1) is 0 Å². The van der Waals surface area contributed by atoms with Gasteiger partial charge in [-0.2, -0.15) is 0 Å². The molecule has 9 heteroatoms. The number of aromatic carboxylic acids is 1. The van der Waals surface area contributed by atoms with Crippen LogP contribution in [-0.4, -0.2) is 31.0 Å². The Balaban J connectivity index is 1.57. The average molecular weight is 484 g/mol. The molecular weight excluding hydrogens is 466 g/mol. The molecule has 5 rings (SSSR count). The first-order valence-corrected chi connectivity index (χ1v) is 11.0. The van der Waals surface area contributed by atoms with Gasteiger partial charge in [0, 0.05) is 28.9 Å². The van der Waals surface area contributed by atoms with Gasteiger partial charge in [-0.3, -0.25) is 9.97 Å². The number of pyridine rings is 2. The highest BCUT2D eigenvalue weighted by atomic mass is 35.5. The monoisotopic (exact) mass is 483 g/mol. The Morgan fingerprint density at radius 3 is 2.49 bits per heavy atom. The van der Waals surface area contributed by atoms with Gasteiger partial charge in [0.1, 0.15) is 12.3 Å². The highest BCUT2D eigenvalue weighted by Crippen LogP contribution is 2.36. The number of carboxylic acids is 1. The molecule has 0 radical (unpaired) electrons. The van der Waals surface area contributed by atoms with Gasteiger partial charge in [-0.25, -0.2) is 14.8 Å². The van der Waals surface area contributed by atoms with Crippen LogP contribution in [0.1, 0.15) is 16.1 Å². The minimum Gasteiger partial charge on any atom is -0.478 e. The van der Waals surface area contributed by atoms with Crippen molar-refractivity contribution in [2.75, 3.05) is 5.73 Å². The molecule has 0 saturated carbocycles. The third-order valence-electron chi connectivity index (χ3n) is 5.30. The summed E-state index contributed by atoms with van der Waals surface area (Å²) in [6.45, 7) is 0.0330. The van der Waals surface area contributed by atoms with Crippen LogP contribution < -0.4 is 10.5 Å². The number of nitrogens with two attached hydrogens (primary N) is 1. The molecular formula is C26H18ClN5O3. The number of ether oxygens (including phenoxy) is 1. The van der Waals surface area contributed by atoms with Gasteiger partial charge in [-0.15, -0.1) is 0 Å². The summed E-state index contributed by atoms with van der Waals surface area (Å²) in [6, 6.07) is 20.1. The van der Waals surface area contributed by atoms with Crippen molar-refractivity contribution in [3.63, 3.8) is 0 Å². The van der Waals surface area contributed by atoms with Crippen LogP contribution in [0.4, 0.5) is 5.82 Å². The summed E-state index contributed by atoms with van der Waals surface area (Å²) in [4.78, 5) is 28.8. The standard InChI is InChI=1S/C26H18ClN5O3/c27-20-12-18(11-16-7-4-10-29-21(16)20)23-22(15-5-2-1-3-6-15)31-24(28)25(32-23)35-14-19-9-8-17(13-30-19)26(33)34/h1-13H,14H2,(H2,28,31)(H,33,34). The van der Waals surface area contributed by atoms with Crippen LogP contribution >= 0.6 is 11.6 Å². The summed E-state index contributed by atoms with van der Waals surface area (Å²) in [7, 11) is 0. The molecule has 0 aliphatic rings. The van der Waals surface area contributed by atoms with Crippen LogP contribution in [0.2, 0.25) is 5.02 Å². The van der Waals surface area contributed by atoms with E-state index in [1.807, 2.05) is 48.5 Å². The average Bonchev–Trinajstić information content (AvgIpc) is 2.88. The first-order valence-electron chi connectivity index (χ1n) is 10.6. The Kier molecular flexibility index (Phi) is 5.95. The molecule has 3 heterocycles. The van der Waals surface area contributed by atoms with Crippen molar-refractivity contribution in [1.82, 2.24) is 19.9 Å². The lowest BCUT2D eigenvalue weighted by atomic mass is 10.0. The van der Waals surface area contributed by atoms with Gasteiger partial charge >= 0.3 is 5.97 Å². The van der Waals surface area contributed by atoms with Crippen molar-refractivity contribution >= 4 is 34.3 Å². The zero-order valence-electron chi connectivity index (χ0n) is 18.2. The fraction of sp³-hybridized carbons (Fsp3) is 0.0385. The summed E-state index contributed by atoms with van der Waals surface area (Å²) in [5, 5.41) is 10.4. The Labute approximate surface area is 205 Å². The van der Waals surface area contributed by atoms with Gasteiger partial charge in [0.15, 0.2) is 5.82 Å². The summed E-state index contributed by atoms with van der Waals surface area (Å²) in [6.07, 6.45) is 2.96. The Hall–Kier alpha value is -4.56. The predicted octanol–water partition coefficient (Wildman–Crippen LogP) is 5.27. The number of aromatic nitrogens is 4. The summed E-state index contributed by atoms with van der Waals surface area (Å²) < 4.78 is 5.84. The lowest BCUT2D eigenvalue weighted by Crippen LogP contribution is -2.07. The van der Waals surface area contributed by atoms with E-state index in [9.17, 15) is 4.79 Å². The van der Waals surface area contributed by atoms with Gasteiger partial charge in [0.2, 0.25) is 0 Å². The van der Waals surface area contributed by atoms with E-state index in [-0.39, 0.29) is 23.9 Å². The molecule has 2 aromatic carbocycles. The number of carbonyl (C=O) groups is 1. The van der Waals surface area contributed by atoms with Crippen LogP contribution in [-0.2, 0) is 6.61 Å². The highest BCUT2D eigenvalue weighted by Gasteiger charge is 2.18. The van der Waals surface area contributed by atoms with Crippen molar-refractivity contribution in [3.05, 3.63) is 95.4 Å². The normalized spacial score (nSPS) is 10.9. The number of carboxylic acid groups (broad SMARTS) is 1. The quantitative estimate of drug-likeness (QED) is 0.335. The molecule has 0 atom stereocenters. The SMILES string of the molecule is Nc1nc(-c2ccccc2)c(-c2cc(Cl)c3ncccc3c2)nc1OCc1ccc(C(=O)O)cn1. The van der Waals surface area contributed by atoms with E-state index in [0.29, 0.717) is 27.6 Å². The largest absolute Gasteiger partial charge is 0.478 e. The lowest BCUT2D eigenvalue weighted by molar-refractivity contribution is 0.0696. The smallest absolute Gasteiger partial charge is 0.337 e. The molecule has 0 aliphatic carbocycles. The number of fused-ring (bicyclic) bond motifs is 1. The molecule has 0 fully saturated rings. The molecule has 8 nitrogen and oxygen atoms in total. The number of benzene rings is 2. The maximum Gasteiger partial charge on any atom is 0.337 e. The van der Waals surface area contributed by atoms with Gasteiger partial charge in [-0.1, -0.05) is 48.0 Å². The topological polar surface area (TPSA) is 124 Å². The number of nitrogen functional groups attached to an aromatic ring is 1. The van der Waals surface area contributed by atoms with Gasteiger partial charge in [0.05, 0.1) is 27.5 Å². The van der Waals surface area contributed by atoms with E-state index in [1.54, 1.807) is 18.3 Å². The molecule has 3 N–H and O–H groups in total. The highest BCUT2D eigenvalue weighted by molar-refractivity contribution is 6.35. The molecule has 0 unspecified atom stereocenters. The van der Waals surface area contributed by atoms with Crippen molar-refractivity contribution in [2.45, 2.75) is 6.61 Å². The van der Waals surface area contributed by atoms with Crippen molar-refractivity contribution in [3.8, 4) is 28.4 Å². The fourth-order valence-electron chi connectivity index (χ4n) is 3.60. The third kappa shape index (κ3) is 4.60. The van der Waals surface area contributed by atoms with Gasteiger partial charge < -0.3 is 15.6 Å². The molecule has 35 heavy (non-hydrogen) atoms. The molecule has 3 aromatic heterocycles. The van der Waals surface area contributed by atoms with E-state index in [2.05, 4.69) is 15.0 Å². The van der Waals surface area contributed by atoms with Gasteiger partial charge in [-0.05, 0) is 30.3 Å². The van der Waals surface area contributed by atoms with E-state index in [1.165, 1.54) is 12.3 Å². The summed E-state index contributed by atoms with van der Waals surface area (Å²) >= 11 is 6.54. The number of nitrogens with zero attached hydrogens (tertiary/aromatic N) is 4. The van der Waals surface area contributed by atoms with E-state index >= 15 is 0 Å². The van der Waals surface area contributed by atoms with E-state index in [0.717, 1.165) is 16.5 Å². The zero-order valence-corrected chi connectivity index (χ0v) is 19.0. The lowest BCUT2D eigenvalue weighted by Gasteiger charge is -2.14. The molecule has 0 bridgehead atoms. The Morgan fingerprint density at radius 2 is 1.74 bits per heavy atom. The number of hydrogen-bond donors (Lipinski definition) is 2. The second kappa shape index (κ2) is 9.36. The number of rotatable bonds is 6. The second-order valence-corrected chi connectivity index (χ2v) is 8.05. The van der Waals surface area contributed by atoms with Crippen molar-refractivity contribution in [2.24, 2.45) is 0 Å². The predicted molar refractivity (Wildman–Crippen MR) is 133 cm³/mol. The molecule has 0 aliphatic heterocycles. The minimum atomic E-state index is -1.05. The summed E-state index contributed by atoms with van der Waals surface area (Å²) in [5.74, 6) is -0.806. The molecule has 0 saturated heterocycles. The van der Waals surface area contributed by atoms with Gasteiger partial charge in [0.25, 0.3) is 5.88 Å². The molecule has 0 spiro atoms. The number of anilines is 1. The summed E-state index contributed by atoms with van der Waals surface area (Å²) in [5.41, 5.74) is 10.2. The maximum absolute atomic E-state index is 11.0. The number of hydrogen-bond acceptors (Lipinski definition) is 7. The Bertz CT molecular complexity index is 1540. The molecule has 5 aromatic rings. The van der Waals surface area contributed by atoms with Crippen molar-refractivity contribution in [1.29, 1.82) is 0 Å². The number of halogens is 1. The third-order valence-corrected chi connectivity index (χ3v) is 5.58. The molecule has 172 valence electrons. The maximum atomic E-state index is 11.0. The first-order chi connectivity index (χ1) is 17.0. The Morgan fingerprint density at radius 1 is 0.943 bits per heavy atom. The van der Waals surface area contributed by atoms with Crippen LogP contribution in [0.3, 0.4) is 0 Å². The zero-order chi connectivity index (χ0) is 24.4. The van der Waals surface area contributed by atoms with Crippen LogP contribution in [0.25, 0.3) is 33.4 Å². The van der Waals surface area contributed by atoms with Crippen LogP contribution in [0.15, 0.2) is 79.1 Å². The van der Waals surface area contributed by atoms with E-state index in [4.69, 9.17) is 32.2 Å². The molecule has 0 amide bonds. The van der Waals surface area contributed by atoms with E-state index < -0.39 is 5.97 Å². The minimum absolute atomic E-state index is 0.0330.